The molecule has 1 aromatic heterocycles. The van der Waals surface area contributed by atoms with Crippen LogP contribution in [-0.2, 0) is 0 Å². The van der Waals surface area contributed by atoms with Crippen LogP contribution in [0.25, 0.3) is 11.0 Å². The molecule has 2 N–H and O–H groups in total. The Morgan fingerprint density at radius 3 is 2.76 bits per heavy atom. The first-order chi connectivity index (χ1) is 7.94. The van der Waals surface area contributed by atoms with E-state index in [1.807, 2.05) is 6.92 Å². The number of aliphatic hydroxyl groups is 2. The van der Waals surface area contributed by atoms with Gasteiger partial charge in [-0.1, -0.05) is 18.5 Å². The highest BCUT2D eigenvalue weighted by molar-refractivity contribution is 6.31. The van der Waals surface area contributed by atoms with E-state index in [1.165, 1.54) is 0 Å². The molecule has 0 aliphatic heterocycles. The van der Waals surface area contributed by atoms with Gasteiger partial charge in [0.05, 0.1) is 5.60 Å². The van der Waals surface area contributed by atoms with Crippen LogP contribution in [0, 0.1) is 0 Å². The fraction of sp³-hybridized carbons (Fsp3) is 0.385. The van der Waals surface area contributed by atoms with Crippen LogP contribution < -0.4 is 0 Å². The molecule has 0 aliphatic carbocycles. The quantitative estimate of drug-likeness (QED) is 0.884. The van der Waals surface area contributed by atoms with E-state index in [9.17, 15) is 10.2 Å². The second kappa shape index (κ2) is 4.33. The van der Waals surface area contributed by atoms with Crippen molar-refractivity contribution in [3.63, 3.8) is 0 Å². The molecule has 4 heteroatoms. The molecule has 0 radical (unpaired) electrons. The van der Waals surface area contributed by atoms with Gasteiger partial charge in [0, 0.05) is 10.4 Å². The zero-order valence-corrected chi connectivity index (χ0v) is 10.5. The lowest BCUT2D eigenvalue weighted by atomic mass is 9.94. The minimum Gasteiger partial charge on any atom is -0.458 e. The van der Waals surface area contributed by atoms with Gasteiger partial charge in [-0.25, -0.2) is 0 Å². The minimum absolute atomic E-state index is 0.356. The standard InChI is InChI=1S/C13H15ClO3/c1-3-13(2,16)12(15)11-7-8-6-9(14)4-5-10(8)17-11/h4-7,12,15-16H,3H2,1-2H3. The molecule has 0 saturated carbocycles. The second-order valence-electron chi connectivity index (χ2n) is 4.44. The Balaban J connectivity index is 2.43. The summed E-state index contributed by atoms with van der Waals surface area (Å²) >= 11 is 5.87. The molecule has 3 nitrogen and oxygen atoms in total. The van der Waals surface area contributed by atoms with Crippen molar-refractivity contribution in [1.82, 2.24) is 0 Å². The zero-order chi connectivity index (χ0) is 12.6. The first-order valence-corrected chi connectivity index (χ1v) is 5.91. The fourth-order valence-electron chi connectivity index (χ4n) is 1.67. The van der Waals surface area contributed by atoms with Crippen molar-refractivity contribution in [2.75, 3.05) is 0 Å². The molecule has 0 amide bonds. The molecule has 2 atom stereocenters. The third-order valence-corrected chi connectivity index (χ3v) is 3.31. The van der Waals surface area contributed by atoms with Gasteiger partial charge >= 0.3 is 0 Å². The highest BCUT2D eigenvalue weighted by Crippen LogP contribution is 2.33. The smallest absolute Gasteiger partial charge is 0.140 e. The third-order valence-electron chi connectivity index (χ3n) is 3.07. The Hall–Kier alpha value is -1.03. The molecular weight excluding hydrogens is 240 g/mol. The monoisotopic (exact) mass is 254 g/mol. The fourth-order valence-corrected chi connectivity index (χ4v) is 1.85. The molecule has 2 rings (SSSR count). The van der Waals surface area contributed by atoms with E-state index in [2.05, 4.69) is 0 Å². The molecule has 0 fully saturated rings. The van der Waals surface area contributed by atoms with Crippen molar-refractivity contribution in [3.05, 3.63) is 35.0 Å². The third kappa shape index (κ3) is 2.32. The number of benzene rings is 1. The summed E-state index contributed by atoms with van der Waals surface area (Å²) in [5.41, 5.74) is -0.548. The average Bonchev–Trinajstić information content (AvgIpc) is 2.70. The van der Waals surface area contributed by atoms with E-state index in [4.69, 9.17) is 16.0 Å². The van der Waals surface area contributed by atoms with Gasteiger partial charge in [-0.3, -0.25) is 0 Å². The lowest BCUT2D eigenvalue weighted by molar-refractivity contribution is -0.0743. The number of fused-ring (bicyclic) bond motifs is 1. The summed E-state index contributed by atoms with van der Waals surface area (Å²) in [6.45, 7) is 3.39. The highest BCUT2D eigenvalue weighted by Gasteiger charge is 2.32. The predicted molar refractivity (Wildman–Crippen MR) is 67.1 cm³/mol. The largest absolute Gasteiger partial charge is 0.458 e. The van der Waals surface area contributed by atoms with Crippen LogP contribution in [0.4, 0.5) is 0 Å². The topological polar surface area (TPSA) is 53.6 Å². The highest BCUT2D eigenvalue weighted by atomic mass is 35.5. The first kappa shape index (κ1) is 12.4. The van der Waals surface area contributed by atoms with E-state index in [1.54, 1.807) is 31.2 Å². The Labute approximate surface area is 105 Å². The van der Waals surface area contributed by atoms with Crippen molar-refractivity contribution in [3.8, 4) is 0 Å². The number of aliphatic hydroxyl groups excluding tert-OH is 1. The van der Waals surface area contributed by atoms with Gasteiger partial charge in [-0.2, -0.15) is 0 Å². The predicted octanol–water partition coefficient (Wildman–Crippen LogP) is 3.28. The molecule has 2 aromatic rings. The summed E-state index contributed by atoms with van der Waals surface area (Å²) in [5, 5.41) is 21.5. The molecule has 0 bridgehead atoms. The first-order valence-electron chi connectivity index (χ1n) is 5.53. The number of halogens is 1. The maximum atomic E-state index is 10.0. The van der Waals surface area contributed by atoms with Gasteiger partial charge in [0.2, 0.25) is 0 Å². The average molecular weight is 255 g/mol. The van der Waals surface area contributed by atoms with Crippen molar-refractivity contribution in [2.24, 2.45) is 0 Å². The van der Waals surface area contributed by atoms with Crippen LogP contribution >= 0.6 is 11.6 Å². The Kier molecular flexibility index (Phi) is 3.17. The van der Waals surface area contributed by atoms with Gasteiger partial charge < -0.3 is 14.6 Å². The molecule has 0 aliphatic rings. The van der Waals surface area contributed by atoms with Crippen LogP contribution in [0.3, 0.4) is 0 Å². The Morgan fingerprint density at radius 2 is 2.12 bits per heavy atom. The molecule has 0 spiro atoms. The van der Waals surface area contributed by atoms with Gasteiger partial charge in [-0.05, 0) is 37.6 Å². The summed E-state index contributed by atoms with van der Waals surface area (Å²) in [6, 6.07) is 6.93. The van der Waals surface area contributed by atoms with Crippen LogP contribution in [0.1, 0.15) is 32.1 Å². The van der Waals surface area contributed by atoms with E-state index in [0.29, 0.717) is 22.8 Å². The number of hydrogen-bond acceptors (Lipinski definition) is 3. The summed E-state index contributed by atoms with van der Waals surface area (Å²) in [7, 11) is 0. The van der Waals surface area contributed by atoms with Crippen molar-refractivity contribution in [2.45, 2.75) is 32.0 Å². The van der Waals surface area contributed by atoms with Gasteiger partial charge in [0.15, 0.2) is 0 Å². The molecule has 92 valence electrons. The van der Waals surface area contributed by atoms with Crippen LogP contribution in [0.5, 0.6) is 0 Å². The molecule has 17 heavy (non-hydrogen) atoms. The van der Waals surface area contributed by atoms with Gasteiger partial charge in [-0.15, -0.1) is 0 Å². The number of furan rings is 1. The summed E-state index contributed by atoms with van der Waals surface area (Å²) in [6.07, 6.45) is -0.606. The zero-order valence-electron chi connectivity index (χ0n) is 9.77. The van der Waals surface area contributed by atoms with Crippen LogP contribution in [-0.4, -0.2) is 15.8 Å². The van der Waals surface area contributed by atoms with Crippen molar-refractivity contribution < 1.29 is 14.6 Å². The molecule has 2 unspecified atom stereocenters. The lowest BCUT2D eigenvalue weighted by Crippen LogP contribution is -2.31. The maximum Gasteiger partial charge on any atom is 0.140 e. The summed E-state index contributed by atoms with van der Waals surface area (Å²) in [4.78, 5) is 0. The number of rotatable bonds is 3. The Bertz CT molecular complexity index is 530. The van der Waals surface area contributed by atoms with Crippen LogP contribution in [0.2, 0.25) is 5.02 Å². The molecule has 0 saturated heterocycles. The van der Waals surface area contributed by atoms with E-state index in [-0.39, 0.29) is 0 Å². The van der Waals surface area contributed by atoms with Crippen molar-refractivity contribution in [1.29, 1.82) is 0 Å². The summed E-state index contributed by atoms with van der Waals surface area (Å²) < 4.78 is 5.50. The second-order valence-corrected chi connectivity index (χ2v) is 4.88. The molecule has 1 heterocycles. The lowest BCUT2D eigenvalue weighted by Gasteiger charge is -2.25. The van der Waals surface area contributed by atoms with Crippen LogP contribution in [0.15, 0.2) is 28.7 Å². The minimum atomic E-state index is -1.20. The molecule has 1 aromatic carbocycles. The van der Waals surface area contributed by atoms with Gasteiger partial charge in [0.1, 0.15) is 17.4 Å². The normalized spacial score (nSPS) is 17.0. The molecular formula is C13H15ClO3. The SMILES string of the molecule is CCC(C)(O)C(O)c1cc2cc(Cl)ccc2o1. The van der Waals surface area contributed by atoms with Crippen molar-refractivity contribution >= 4 is 22.6 Å². The maximum absolute atomic E-state index is 10.0. The van der Waals surface area contributed by atoms with E-state index in [0.717, 1.165) is 5.39 Å². The van der Waals surface area contributed by atoms with E-state index < -0.39 is 11.7 Å². The summed E-state index contributed by atoms with van der Waals surface area (Å²) in [5.74, 6) is 0.356. The van der Waals surface area contributed by atoms with Gasteiger partial charge in [0.25, 0.3) is 0 Å². The Morgan fingerprint density at radius 1 is 1.41 bits per heavy atom. The number of hydrogen-bond donors (Lipinski definition) is 2. The van der Waals surface area contributed by atoms with E-state index >= 15 is 0 Å².